The summed E-state index contributed by atoms with van der Waals surface area (Å²) in [4.78, 5) is 12.0. The maximum absolute atomic E-state index is 12.3. The largest absolute Gasteiger partial charge is 0.480 e. The van der Waals surface area contributed by atoms with Gasteiger partial charge in [0.15, 0.2) is 9.84 Å². The summed E-state index contributed by atoms with van der Waals surface area (Å²) < 4.78 is 30.7. The number of aryl methyl sites for hydroxylation is 2. The molecule has 0 spiro atoms. The fourth-order valence-electron chi connectivity index (χ4n) is 2.03. The molecule has 0 aliphatic heterocycles. The van der Waals surface area contributed by atoms with Crippen molar-refractivity contribution in [3.63, 3.8) is 0 Å². The summed E-state index contributed by atoms with van der Waals surface area (Å²) in [5.74, 6) is 0.281. The molecule has 0 unspecified atom stereocenters. The zero-order valence-electron chi connectivity index (χ0n) is 12.5. The van der Waals surface area contributed by atoms with Crippen molar-refractivity contribution in [1.29, 1.82) is 0 Å². The first-order valence-electron chi connectivity index (χ1n) is 6.84. The van der Waals surface area contributed by atoms with Crippen LogP contribution in [0.25, 0.3) is 0 Å². The van der Waals surface area contributed by atoms with Crippen LogP contribution in [0.3, 0.4) is 0 Å². The Morgan fingerprint density at radius 1 is 1.23 bits per heavy atom. The molecule has 2 aromatic rings. The maximum Gasteiger partial charge on any atom is 0.266 e. The van der Waals surface area contributed by atoms with Crippen LogP contribution in [0.4, 0.5) is 0 Å². The van der Waals surface area contributed by atoms with E-state index in [4.69, 9.17) is 4.74 Å². The fourth-order valence-corrected chi connectivity index (χ4v) is 3.43. The Morgan fingerprint density at radius 3 is 2.68 bits per heavy atom. The Hall–Kier alpha value is -2.15. The Balaban J connectivity index is 2.06. The van der Waals surface area contributed by atoms with E-state index in [-0.39, 0.29) is 17.9 Å². The second kappa shape index (κ2) is 6.74. The van der Waals surface area contributed by atoms with Crippen molar-refractivity contribution in [1.82, 2.24) is 9.78 Å². The number of benzene rings is 1. The Labute approximate surface area is 129 Å². The molecule has 1 heterocycles. The van der Waals surface area contributed by atoms with E-state index in [0.29, 0.717) is 17.2 Å². The third-order valence-corrected chi connectivity index (χ3v) is 4.98. The minimum absolute atomic E-state index is 0.0399. The number of hydrogen-bond acceptors (Lipinski definition) is 5. The Morgan fingerprint density at radius 2 is 2.00 bits per heavy atom. The minimum Gasteiger partial charge on any atom is -0.480 e. The number of hydrogen-bond donors (Lipinski definition) is 0. The van der Waals surface area contributed by atoms with E-state index in [1.165, 1.54) is 23.9 Å². The van der Waals surface area contributed by atoms with Gasteiger partial charge in [-0.25, -0.2) is 13.1 Å². The summed E-state index contributed by atoms with van der Waals surface area (Å²) in [6, 6.07) is 9.61. The molecule has 0 radical (unpaired) electrons. The lowest BCUT2D eigenvalue weighted by atomic mass is 10.2. The first-order valence-corrected chi connectivity index (χ1v) is 8.49. The van der Waals surface area contributed by atoms with Gasteiger partial charge in [-0.3, -0.25) is 4.79 Å². The highest BCUT2D eigenvalue weighted by atomic mass is 32.2. The lowest BCUT2D eigenvalue weighted by Gasteiger charge is -2.07. The van der Waals surface area contributed by atoms with Gasteiger partial charge in [-0.15, -0.1) is 5.10 Å². The van der Waals surface area contributed by atoms with Crippen LogP contribution in [0, 0.1) is 6.92 Å². The van der Waals surface area contributed by atoms with Gasteiger partial charge in [0.1, 0.15) is 0 Å². The molecule has 2 rings (SSSR count). The van der Waals surface area contributed by atoms with Crippen molar-refractivity contribution in [2.75, 3.05) is 12.9 Å². The molecule has 0 aliphatic carbocycles. The van der Waals surface area contributed by atoms with E-state index in [9.17, 15) is 13.2 Å². The summed E-state index contributed by atoms with van der Waals surface area (Å²) in [5, 5.41) is 3.98. The number of aromatic nitrogens is 2. The quantitative estimate of drug-likeness (QED) is 0.804. The molecule has 0 saturated carbocycles. The molecule has 0 amide bonds. The minimum atomic E-state index is -3.36. The van der Waals surface area contributed by atoms with Crippen LogP contribution >= 0.6 is 0 Å². The van der Waals surface area contributed by atoms with E-state index >= 15 is 0 Å². The van der Waals surface area contributed by atoms with Crippen LogP contribution in [0.1, 0.15) is 12.0 Å². The molecular formula is C15H18N2O4S. The SMILES string of the molecule is COc1ccc(=O)n(CCCS(=O)(=O)c2cccc(C)c2)n1. The lowest BCUT2D eigenvalue weighted by Crippen LogP contribution is -2.23. The Kier molecular flexibility index (Phi) is 4.97. The molecule has 6 nitrogen and oxygen atoms in total. The zero-order chi connectivity index (χ0) is 16.2. The van der Waals surface area contributed by atoms with Crippen molar-refractivity contribution in [2.45, 2.75) is 24.8 Å². The van der Waals surface area contributed by atoms with Crippen molar-refractivity contribution in [3.05, 3.63) is 52.3 Å². The number of rotatable bonds is 6. The number of methoxy groups -OCH3 is 1. The summed E-state index contributed by atoms with van der Waals surface area (Å²) in [5.41, 5.74) is 0.612. The molecule has 0 bridgehead atoms. The standard InChI is InChI=1S/C15H18N2O4S/c1-12-5-3-6-13(11-12)22(19,20)10-4-9-17-15(18)8-7-14(16-17)21-2/h3,5-8,11H,4,9-10H2,1-2H3. The summed E-state index contributed by atoms with van der Waals surface area (Å²) in [7, 11) is -1.90. The number of ether oxygens (including phenoxy) is 1. The smallest absolute Gasteiger partial charge is 0.266 e. The van der Waals surface area contributed by atoms with Gasteiger partial charge < -0.3 is 4.74 Å². The topological polar surface area (TPSA) is 78.3 Å². The second-order valence-electron chi connectivity index (χ2n) is 4.93. The number of nitrogens with zero attached hydrogens (tertiary/aromatic N) is 2. The second-order valence-corrected chi connectivity index (χ2v) is 7.04. The van der Waals surface area contributed by atoms with E-state index in [1.54, 1.807) is 18.2 Å². The summed E-state index contributed by atoms with van der Waals surface area (Å²) in [6.07, 6.45) is 0.302. The molecule has 0 saturated heterocycles. The monoisotopic (exact) mass is 322 g/mol. The zero-order valence-corrected chi connectivity index (χ0v) is 13.3. The first kappa shape index (κ1) is 16.2. The van der Waals surface area contributed by atoms with Crippen LogP contribution in [0.2, 0.25) is 0 Å². The van der Waals surface area contributed by atoms with Crippen molar-refractivity contribution in [3.8, 4) is 5.88 Å². The first-order chi connectivity index (χ1) is 10.4. The van der Waals surface area contributed by atoms with Gasteiger partial charge >= 0.3 is 0 Å². The molecule has 0 fully saturated rings. The summed E-state index contributed by atoms with van der Waals surface area (Å²) in [6.45, 7) is 2.07. The number of sulfone groups is 1. The fraction of sp³-hybridized carbons (Fsp3) is 0.333. The van der Waals surface area contributed by atoms with Crippen LogP contribution in [0.15, 0.2) is 46.1 Å². The average Bonchev–Trinajstić information content (AvgIpc) is 2.49. The van der Waals surface area contributed by atoms with Gasteiger partial charge in [0, 0.05) is 18.7 Å². The van der Waals surface area contributed by atoms with Crippen molar-refractivity contribution >= 4 is 9.84 Å². The van der Waals surface area contributed by atoms with Gasteiger partial charge in [0.05, 0.1) is 17.8 Å². The van der Waals surface area contributed by atoms with Gasteiger partial charge in [0.25, 0.3) is 5.56 Å². The molecule has 118 valence electrons. The summed E-state index contributed by atoms with van der Waals surface area (Å²) >= 11 is 0. The molecule has 7 heteroatoms. The van der Waals surface area contributed by atoms with Gasteiger partial charge in [0.2, 0.25) is 5.88 Å². The predicted molar refractivity (Wildman–Crippen MR) is 82.9 cm³/mol. The highest BCUT2D eigenvalue weighted by Gasteiger charge is 2.14. The van der Waals surface area contributed by atoms with E-state index < -0.39 is 9.84 Å². The van der Waals surface area contributed by atoms with E-state index in [0.717, 1.165) is 5.56 Å². The Bertz CT molecular complexity index is 812. The molecule has 1 aromatic heterocycles. The third-order valence-electron chi connectivity index (χ3n) is 3.18. The van der Waals surface area contributed by atoms with Crippen LogP contribution in [0.5, 0.6) is 5.88 Å². The van der Waals surface area contributed by atoms with Crippen molar-refractivity contribution < 1.29 is 13.2 Å². The van der Waals surface area contributed by atoms with Gasteiger partial charge in [-0.05, 0) is 31.0 Å². The molecule has 0 N–H and O–H groups in total. The van der Waals surface area contributed by atoms with Crippen LogP contribution in [-0.2, 0) is 16.4 Å². The highest BCUT2D eigenvalue weighted by molar-refractivity contribution is 7.91. The molecular weight excluding hydrogens is 304 g/mol. The normalized spacial score (nSPS) is 11.4. The van der Waals surface area contributed by atoms with Crippen LogP contribution in [-0.4, -0.2) is 31.1 Å². The predicted octanol–water partition coefficient (Wildman–Crippen LogP) is 1.42. The molecule has 0 aliphatic rings. The lowest BCUT2D eigenvalue weighted by molar-refractivity contribution is 0.375. The molecule has 22 heavy (non-hydrogen) atoms. The average molecular weight is 322 g/mol. The van der Waals surface area contributed by atoms with Gasteiger partial charge in [-0.2, -0.15) is 0 Å². The highest BCUT2D eigenvalue weighted by Crippen LogP contribution is 2.14. The van der Waals surface area contributed by atoms with Crippen molar-refractivity contribution in [2.24, 2.45) is 0 Å². The molecule has 0 atom stereocenters. The van der Waals surface area contributed by atoms with E-state index in [2.05, 4.69) is 5.10 Å². The van der Waals surface area contributed by atoms with Crippen LogP contribution < -0.4 is 10.3 Å². The van der Waals surface area contributed by atoms with E-state index in [1.807, 2.05) is 13.0 Å². The van der Waals surface area contributed by atoms with Gasteiger partial charge in [-0.1, -0.05) is 12.1 Å². The maximum atomic E-state index is 12.3. The molecule has 1 aromatic carbocycles. The third kappa shape index (κ3) is 3.94.